The largest absolute Gasteiger partial charge is 0.478 e. The number of aromatic carboxylic acids is 1. The van der Waals surface area contributed by atoms with Crippen LogP contribution >= 0.6 is 0 Å². The van der Waals surface area contributed by atoms with Gasteiger partial charge in [0.05, 0.1) is 23.4 Å². The Bertz CT molecular complexity index is 1580. The van der Waals surface area contributed by atoms with Crippen LogP contribution in [-0.2, 0) is 4.79 Å². The highest BCUT2D eigenvalue weighted by molar-refractivity contribution is 6.07. The summed E-state index contributed by atoms with van der Waals surface area (Å²) >= 11 is 0. The lowest BCUT2D eigenvalue weighted by Crippen LogP contribution is -2.48. The fourth-order valence-corrected chi connectivity index (χ4v) is 4.06. The average molecular weight is 554 g/mol. The molecule has 1 aromatic carbocycles. The van der Waals surface area contributed by atoms with Crippen LogP contribution in [0.3, 0.4) is 0 Å². The predicted octanol–water partition coefficient (Wildman–Crippen LogP) is 6.09. The number of benzene rings is 1. The molecule has 0 aliphatic heterocycles. The minimum Gasteiger partial charge on any atom is -0.478 e. The number of carboxylic acid groups (broad SMARTS) is 2. The van der Waals surface area contributed by atoms with E-state index in [1.165, 1.54) is 23.8 Å². The Hall–Kier alpha value is -4.67. The summed E-state index contributed by atoms with van der Waals surface area (Å²) in [5.41, 5.74) is 2.24. The summed E-state index contributed by atoms with van der Waals surface area (Å²) in [5.74, 6) is -1.02. The molecule has 0 radical (unpaired) electrons. The number of ether oxygens (including phenoxy) is 1. The van der Waals surface area contributed by atoms with Crippen LogP contribution in [0.4, 0.5) is 4.39 Å². The molecule has 1 fully saturated rings. The van der Waals surface area contributed by atoms with E-state index >= 15 is 0 Å². The van der Waals surface area contributed by atoms with Crippen LogP contribution in [0.5, 0.6) is 11.5 Å². The molecule has 1 aliphatic rings. The fourth-order valence-electron chi connectivity index (χ4n) is 4.06. The number of fused-ring (bicyclic) bond motifs is 2. The molecule has 11 heteroatoms. The van der Waals surface area contributed by atoms with E-state index in [1.807, 2.05) is 13.8 Å². The molecule has 1 amide bonds. The van der Waals surface area contributed by atoms with Crippen molar-refractivity contribution in [3.63, 3.8) is 0 Å². The Kier molecular flexibility index (Phi) is 9.31. The van der Waals surface area contributed by atoms with Gasteiger partial charge in [0.15, 0.2) is 5.75 Å². The molecular weight excluding hydrogens is 521 g/mol. The molecule has 3 N–H and O–H groups in total. The van der Waals surface area contributed by atoms with Crippen molar-refractivity contribution < 1.29 is 38.1 Å². The molecule has 5 rings (SSSR count). The topological polar surface area (TPSA) is 143 Å². The van der Waals surface area contributed by atoms with Gasteiger partial charge in [0, 0.05) is 29.3 Å². The van der Waals surface area contributed by atoms with Crippen LogP contribution in [0.1, 0.15) is 65.7 Å². The average Bonchev–Trinajstić information content (AvgIpc) is 3.44. The Morgan fingerprint density at radius 1 is 1.18 bits per heavy atom. The van der Waals surface area contributed by atoms with Gasteiger partial charge < -0.3 is 24.7 Å². The third-order valence-electron chi connectivity index (χ3n) is 6.28. The SMILES string of the molecule is C=C(C)C(=O)O.CC.Cc1oc2cc(Oc3ccnn4cc(C(=O)O)c(C)c34)ccc2c1C(=O)N[C@@H]1CC[C@@H]1F. The van der Waals surface area contributed by atoms with Gasteiger partial charge in [-0.1, -0.05) is 20.4 Å². The number of amides is 1. The Morgan fingerprint density at radius 2 is 1.85 bits per heavy atom. The molecule has 0 saturated heterocycles. The second-order valence-electron chi connectivity index (χ2n) is 9.01. The van der Waals surface area contributed by atoms with Gasteiger partial charge in [0.25, 0.3) is 5.91 Å². The summed E-state index contributed by atoms with van der Waals surface area (Å²) in [6.07, 6.45) is 3.04. The number of alkyl halides is 1. The zero-order valence-corrected chi connectivity index (χ0v) is 22.9. The Labute approximate surface area is 230 Å². The molecule has 2 atom stereocenters. The molecule has 1 aliphatic carbocycles. The first-order valence-corrected chi connectivity index (χ1v) is 12.7. The van der Waals surface area contributed by atoms with Gasteiger partial charge in [0.2, 0.25) is 0 Å². The maximum atomic E-state index is 13.5. The maximum absolute atomic E-state index is 13.5. The first kappa shape index (κ1) is 29.9. The third-order valence-corrected chi connectivity index (χ3v) is 6.28. The summed E-state index contributed by atoms with van der Waals surface area (Å²) < 4.78 is 26.8. The minimum atomic E-state index is -1.04. The fraction of sp³-hybridized carbons (Fsp3) is 0.310. The van der Waals surface area contributed by atoms with E-state index in [-0.39, 0.29) is 17.0 Å². The highest BCUT2D eigenvalue weighted by Gasteiger charge is 2.33. The van der Waals surface area contributed by atoms with Gasteiger partial charge in [-0.15, -0.1) is 0 Å². The van der Waals surface area contributed by atoms with Crippen molar-refractivity contribution >= 4 is 34.3 Å². The van der Waals surface area contributed by atoms with Crippen molar-refractivity contribution in [2.45, 2.75) is 59.7 Å². The summed E-state index contributed by atoms with van der Waals surface area (Å²) in [7, 11) is 0. The van der Waals surface area contributed by atoms with Gasteiger partial charge in [-0.05, 0) is 51.3 Å². The summed E-state index contributed by atoms with van der Waals surface area (Å²) in [5, 5.41) is 24.8. The first-order chi connectivity index (χ1) is 19.0. The van der Waals surface area contributed by atoms with E-state index in [2.05, 4.69) is 17.0 Å². The molecule has 4 aromatic rings. The molecule has 40 heavy (non-hydrogen) atoms. The number of furan rings is 1. The lowest BCUT2D eigenvalue weighted by molar-refractivity contribution is -0.132. The van der Waals surface area contributed by atoms with Gasteiger partial charge in [-0.2, -0.15) is 5.10 Å². The first-order valence-electron chi connectivity index (χ1n) is 12.7. The van der Waals surface area contributed by atoms with Crippen LogP contribution in [0.15, 0.2) is 53.2 Å². The van der Waals surface area contributed by atoms with Crippen molar-refractivity contribution in [3.8, 4) is 11.5 Å². The number of hydrogen-bond donors (Lipinski definition) is 3. The van der Waals surface area contributed by atoms with Crippen LogP contribution in [-0.4, -0.2) is 49.9 Å². The van der Waals surface area contributed by atoms with Gasteiger partial charge >= 0.3 is 11.9 Å². The summed E-state index contributed by atoms with van der Waals surface area (Å²) in [4.78, 5) is 33.7. The van der Waals surface area contributed by atoms with Crippen LogP contribution in [0.25, 0.3) is 16.5 Å². The number of carboxylic acids is 2. The number of carbonyl (C=O) groups excluding carboxylic acids is 1. The summed E-state index contributed by atoms with van der Waals surface area (Å²) in [6, 6.07) is 6.27. The number of carbonyl (C=O) groups is 3. The van der Waals surface area contributed by atoms with E-state index in [1.54, 1.807) is 38.1 Å². The number of aromatic nitrogens is 2. The molecule has 1 saturated carbocycles. The van der Waals surface area contributed by atoms with E-state index < -0.39 is 24.2 Å². The van der Waals surface area contributed by atoms with Crippen molar-refractivity contribution in [1.29, 1.82) is 0 Å². The number of aliphatic carboxylic acids is 1. The van der Waals surface area contributed by atoms with Crippen LogP contribution in [0.2, 0.25) is 0 Å². The maximum Gasteiger partial charge on any atom is 0.337 e. The van der Waals surface area contributed by atoms with E-state index in [0.717, 1.165) is 0 Å². The molecule has 212 valence electrons. The normalized spacial score (nSPS) is 15.7. The number of aryl methyl sites for hydroxylation is 2. The zero-order valence-electron chi connectivity index (χ0n) is 22.9. The molecule has 3 aromatic heterocycles. The van der Waals surface area contributed by atoms with Crippen molar-refractivity contribution in [3.05, 3.63) is 71.3 Å². The number of nitrogens with one attached hydrogen (secondary N) is 1. The third kappa shape index (κ3) is 6.14. The molecule has 10 nitrogen and oxygen atoms in total. The molecular formula is C29H32FN3O7. The van der Waals surface area contributed by atoms with E-state index in [4.69, 9.17) is 14.3 Å². The van der Waals surface area contributed by atoms with Gasteiger partial charge in [-0.25, -0.2) is 18.5 Å². The second-order valence-corrected chi connectivity index (χ2v) is 9.01. The number of rotatable bonds is 6. The number of halogens is 1. The Balaban J connectivity index is 0.000000491. The molecule has 0 spiro atoms. The highest BCUT2D eigenvalue weighted by atomic mass is 19.1. The number of nitrogens with zero attached hydrogens (tertiary/aromatic N) is 2. The van der Waals surface area contributed by atoms with Crippen molar-refractivity contribution in [2.24, 2.45) is 0 Å². The lowest BCUT2D eigenvalue weighted by Gasteiger charge is -2.30. The second kappa shape index (κ2) is 12.5. The van der Waals surface area contributed by atoms with Crippen LogP contribution in [0, 0.1) is 13.8 Å². The standard InChI is InChI=1S/C23H20FN3O5.C4H6O2.C2H6/c1-11-15(23(29)30)10-27-21(11)18(7-8-25-27)32-13-3-4-14-19(9-13)31-12(2)20(14)22(28)26-17-6-5-16(17)24;1-3(2)4(5)6;1-2/h3-4,7-10,16-17H,5-6H2,1-2H3,(H,26,28)(H,29,30);1H2,2H3,(H,5,6);1-2H3/t16-,17+;;/m0../s1. The molecule has 0 unspecified atom stereocenters. The lowest BCUT2D eigenvalue weighted by atomic mass is 9.90. The van der Waals surface area contributed by atoms with Crippen molar-refractivity contribution in [1.82, 2.24) is 14.9 Å². The molecule has 3 heterocycles. The predicted molar refractivity (Wildman–Crippen MR) is 147 cm³/mol. The highest BCUT2D eigenvalue weighted by Crippen LogP contribution is 2.34. The Morgan fingerprint density at radius 3 is 2.40 bits per heavy atom. The van der Waals surface area contributed by atoms with Crippen LogP contribution < -0.4 is 10.1 Å². The smallest absolute Gasteiger partial charge is 0.337 e. The quantitative estimate of drug-likeness (QED) is 0.243. The minimum absolute atomic E-state index is 0.142. The van der Waals surface area contributed by atoms with E-state index in [0.29, 0.717) is 57.7 Å². The van der Waals surface area contributed by atoms with Crippen molar-refractivity contribution in [2.75, 3.05) is 0 Å². The van der Waals surface area contributed by atoms with E-state index in [9.17, 15) is 23.9 Å². The number of hydrogen-bond acceptors (Lipinski definition) is 6. The van der Waals surface area contributed by atoms with Gasteiger partial charge in [0.1, 0.15) is 28.8 Å². The monoisotopic (exact) mass is 553 g/mol. The zero-order chi connectivity index (χ0) is 29.7. The summed E-state index contributed by atoms with van der Waals surface area (Å²) in [6.45, 7) is 12.0. The molecule has 0 bridgehead atoms. The van der Waals surface area contributed by atoms with Gasteiger partial charge in [-0.3, -0.25) is 4.79 Å².